The maximum absolute atomic E-state index is 13.6. The van der Waals surface area contributed by atoms with Crippen LogP contribution >= 0.6 is 15.9 Å². The highest BCUT2D eigenvalue weighted by molar-refractivity contribution is 9.10. The summed E-state index contributed by atoms with van der Waals surface area (Å²) < 4.78 is 15.8. The van der Waals surface area contributed by atoms with E-state index in [0.29, 0.717) is 10.0 Å². The Morgan fingerprint density at radius 3 is 2.81 bits per heavy atom. The summed E-state index contributed by atoms with van der Waals surface area (Å²) >= 11 is 3.17. The lowest BCUT2D eigenvalue weighted by Gasteiger charge is -2.09. The van der Waals surface area contributed by atoms with Gasteiger partial charge >= 0.3 is 0 Å². The predicted octanol–water partition coefficient (Wildman–Crippen LogP) is 2.40. The summed E-state index contributed by atoms with van der Waals surface area (Å²) in [5.41, 5.74) is 0.819. The van der Waals surface area contributed by atoms with E-state index in [9.17, 15) is 9.50 Å². The molecule has 0 amide bonds. The van der Waals surface area contributed by atoms with E-state index in [1.165, 1.54) is 12.3 Å². The molecule has 1 N–H and O–H groups in total. The molecule has 1 aromatic carbocycles. The van der Waals surface area contributed by atoms with E-state index < -0.39 is 11.9 Å². The second-order valence-corrected chi connectivity index (χ2v) is 4.43. The summed E-state index contributed by atoms with van der Waals surface area (Å²) in [6, 6.07) is 4.57. The average Bonchev–Trinajstić information content (AvgIpc) is 2.64. The molecule has 0 aliphatic heterocycles. The van der Waals surface area contributed by atoms with Gasteiger partial charge in [-0.2, -0.15) is 5.10 Å². The van der Waals surface area contributed by atoms with Crippen molar-refractivity contribution in [2.75, 3.05) is 0 Å². The van der Waals surface area contributed by atoms with E-state index in [1.54, 1.807) is 30.1 Å². The van der Waals surface area contributed by atoms with E-state index in [4.69, 9.17) is 0 Å². The zero-order chi connectivity index (χ0) is 11.7. The number of rotatable bonds is 2. The third-order valence-electron chi connectivity index (χ3n) is 2.30. The zero-order valence-corrected chi connectivity index (χ0v) is 10.1. The van der Waals surface area contributed by atoms with Crippen LogP contribution in [0.15, 0.2) is 35.1 Å². The van der Waals surface area contributed by atoms with Crippen LogP contribution in [0.25, 0.3) is 0 Å². The Kier molecular flexibility index (Phi) is 3.07. The van der Waals surface area contributed by atoms with Crippen molar-refractivity contribution >= 4 is 15.9 Å². The van der Waals surface area contributed by atoms with E-state index in [2.05, 4.69) is 21.0 Å². The first-order valence-corrected chi connectivity index (χ1v) is 5.49. The minimum absolute atomic E-state index is 0.246. The first kappa shape index (κ1) is 11.3. The zero-order valence-electron chi connectivity index (χ0n) is 8.56. The summed E-state index contributed by atoms with van der Waals surface area (Å²) in [4.78, 5) is 0. The molecule has 0 aliphatic carbocycles. The van der Waals surface area contributed by atoms with Gasteiger partial charge in [-0.3, -0.25) is 4.68 Å². The highest BCUT2D eigenvalue weighted by Gasteiger charge is 2.16. The van der Waals surface area contributed by atoms with Crippen molar-refractivity contribution in [3.63, 3.8) is 0 Å². The molecule has 16 heavy (non-hydrogen) atoms. The molecule has 2 aromatic rings. The van der Waals surface area contributed by atoms with Crippen LogP contribution in [0, 0.1) is 5.82 Å². The van der Waals surface area contributed by atoms with Gasteiger partial charge in [-0.25, -0.2) is 4.39 Å². The van der Waals surface area contributed by atoms with Gasteiger partial charge in [0.05, 0.1) is 6.20 Å². The van der Waals surface area contributed by atoms with Gasteiger partial charge in [0.2, 0.25) is 0 Å². The van der Waals surface area contributed by atoms with Crippen LogP contribution in [0.5, 0.6) is 0 Å². The van der Waals surface area contributed by atoms with Crippen LogP contribution in [0.4, 0.5) is 4.39 Å². The number of aromatic nitrogens is 2. The van der Waals surface area contributed by atoms with E-state index >= 15 is 0 Å². The molecule has 0 bridgehead atoms. The molecule has 1 heterocycles. The molecule has 0 spiro atoms. The van der Waals surface area contributed by atoms with Gasteiger partial charge in [0.25, 0.3) is 0 Å². The monoisotopic (exact) mass is 284 g/mol. The fraction of sp³-hybridized carbons (Fsp3) is 0.182. The standard InChI is InChI=1S/C11H10BrFN2O/c1-15-6-7(5-14-15)11(16)9-3-2-8(12)4-10(9)13/h2-6,11,16H,1H3. The van der Waals surface area contributed by atoms with Crippen LogP contribution in [0.1, 0.15) is 17.2 Å². The number of hydrogen-bond donors (Lipinski definition) is 1. The Labute approximate surface area is 101 Å². The second-order valence-electron chi connectivity index (χ2n) is 3.52. The quantitative estimate of drug-likeness (QED) is 0.920. The van der Waals surface area contributed by atoms with Gasteiger partial charge in [-0.15, -0.1) is 0 Å². The molecule has 0 saturated carbocycles. The third-order valence-corrected chi connectivity index (χ3v) is 2.79. The molecule has 3 nitrogen and oxygen atoms in total. The van der Waals surface area contributed by atoms with Crippen LogP contribution in [-0.2, 0) is 7.05 Å². The van der Waals surface area contributed by atoms with Gasteiger partial charge in [0.15, 0.2) is 0 Å². The number of benzene rings is 1. The first-order chi connectivity index (χ1) is 7.58. The van der Waals surface area contributed by atoms with Crippen molar-refractivity contribution in [2.24, 2.45) is 7.05 Å². The number of halogens is 2. The number of hydrogen-bond acceptors (Lipinski definition) is 2. The van der Waals surface area contributed by atoms with Gasteiger partial charge < -0.3 is 5.11 Å². The number of aliphatic hydroxyl groups is 1. The van der Waals surface area contributed by atoms with Crippen molar-refractivity contribution in [1.82, 2.24) is 9.78 Å². The Morgan fingerprint density at radius 2 is 2.25 bits per heavy atom. The lowest BCUT2D eigenvalue weighted by molar-refractivity contribution is 0.215. The molecule has 1 aromatic heterocycles. The van der Waals surface area contributed by atoms with Crippen molar-refractivity contribution in [3.8, 4) is 0 Å². The molecule has 1 unspecified atom stereocenters. The normalized spacial score (nSPS) is 12.8. The van der Waals surface area contributed by atoms with Gasteiger partial charge in [0, 0.05) is 28.8 Å². The van der Waals surface area contributed by atoms with Crippen molar-refractivity contribution in [2.45, 2.75) is 6.10 Å². The summed E-state index contributed by atoms with van der Waals surface area (Å²) in [6.45, 7) is 0. The molecule has 0 aliphatic rings. The Bertz CT molecular complexity index is 512. The van der Waals surface area contributed by atoms with Crippen LogP contribution in [0.2, 0.25) is 0 Å². The maximum Gasteiger partial charge on any atom is 0.130 e. The minimum atomic E-state index is -0.984. The summed E-state index contributed by atoms with van der Waals surface area (Å²) in [5, 5.41) is 13.9. The molecule has 2 rings (SSSR count). The number of aliphatic hydroxyl groups excluding tert-OH is 1. The topological polar surface area (TPSA) is 38.0 Å². The van der Waals surface area contributed by atoms with Gasteiger partial charge in [0.1, 0.15) is 11.9 Å². The predicted molar refractivity (Wildman–Crippen MR) is 61.4 cm³/mol. The smallest absolute Gasteiger partial charge is 0.130 e. The fourth-order valence-electron chi connectivity index (χ4n) is 1.48. The van der Waals surface area contributed by atoms with Crippen LogP contribution in [0.3, 0.4) is 0 Å². The highest BCUT2D eigenvalue weighted by atomic mass is 79.9. The van der Waals surface area contributed by atoms with Crippen LogP contribution < -0.4 is 0 Å². The second kappa shape index (κ2) is 4.35. The lowest BCUT2D eigenvalue weighted by atomic mass is 10.0. The van der Waals surface area contributed by atoms with Crippen molar-refractivity contribution in [1.29, 1.82) is 0 Å². The van der Waals surface area contributed by atoms with Crippen molar-refractivity contribution in [3.05, 3.63) is 52.0 Å². The number of aryl methyl sites for hydroxylation is 1. The van der Waals surface area contributed by atoms with E-state index in [1.807, 2.05) is 0 Å². The third kappa shape index (κ3) is 2.15. The molecule has 0 saturated heterocycles. The van der Waals surface area contributed by atoms with Gasteiger partial charge in [-0.1, -0.05) is 22.0 Å². The summed E-state index contributed by atoms with van der Waals surface area (Å²) in [5.74, 6) is -0.439. The summed E-state index contributed by atoms with van der Waals surface area (Å²) in [6.07, 6.45) is 2.19. The summed E-state index contributed by atoms with van der Waals surface area (Å²) in [7, 11) is 1.74. The molecular formula is C11H10BrFN2O. The SMILES string of the molecule is Cn1cc(C(O)c2ccc(Br)cc2F)cn1. The minimum Gasteiger partial charge on any atom is -0.383 e. The van der Waals surface area contributed by atoms with E-state index in [0.717, 1.165) is 0 Å². The van der Waals surface area contributed by atoms with Crippen LogP contribution in [-0.4, -0.2) is 14.9 Å². The Hall–Kier alpha value is -1.20. The molecule has 0 radical (unpaired) electrons. The van der Waals surface area contributed by atoms with Crippen molar-refractivity contribution < 1.29 is 9.50 Å². The Balaban J connectivity index is 2.37. The first-order valence-electron chi connectivity index (χ1n) is 4.69. The molecule has 84 valence electrons. The lowest BCUT2D eigenvalue weighted by Crippen LogP contribution is -2.01. The van der Waals surface area contributed by atoms with Gasteiger partial charge in [-0.05, 0) is 12.1 Å². The molecule has 5 heteroatoms. The largest absolute Gasteiger partial charge is 0.383 e. The fourth-order valence-corrected chi connectivity index (χ4v) is 1.82. The average molecular weight is 285 g/mol. The highest BCUT2D eigenvalue weighted by Crippen LogP contribution is 2.25. The molecule has 0 fully saturated rings. The Morgan fingerprint density at radius 1 is 1.50 bits per heavy atom. The maximum atomic E-state index is 13.6. The molecular weight excluding hydrogens is 275 g/mol. The molecule has 1 atom stereocenters. The van der Waals surface area contributed by atoms with E-state index in [-0.39, 0.29) is 5.56 Å². The number of nitrogens with zero attached hydrogens (tertiary/aromatic N) is 2.